The molecular formula is C16H23NO3. The molecule has 1 aliphatic rings. The average Bonchev–Trinajstić information content (AvgIpc) is 2.46. The number of hydrogen-bond acceptors (Lipinski definition) is 3. The Hall–Kier alpha value is -1.55. The largest absolute Gasteiger partial charge is 0.490 e. The van der Waals surface area contributed by atoms with E-state index in [1.54, 1.807) is 0 Å². The van der Waals surface area contributed by atoms with E-state index in [-0.39, 0.29) is 18.6 Å². The van der Waals surface area contributed by atoms with E-state index in [0.29, 0.717) is 30.3 Å². The van der Waals surface area contributed by atoms with Crippen LogP contribution < -0.4 is 4.74 Å². The lowest BCUT2D eigenvalue weighted by molar-refractivity contribution is 0.0645. The van der Waals surface area contributed by atoms with Crippen LogP contribution in [-0.2, 0) is 0 Å². The molecule has 0 atom stereocenters. The Bertz CT molecular complexity index is 451. The molecule has 110 valence electrons. The summed E-state index contributed by atoms with van der Waals surface area (Å²) in [6.45, 7) is 5.54. The van der Waals surface area contributed by atoms with Crippen LogP contribution in [0.15, 0.2) is 24.3 Å². The third kappa shape index (κ3) is 3.51. The van der Waals surface area contributed by atoms with Crippen LogP contribution in [0.3, 0.4) is 0 Å². The minimum atomic E-state index is 0.0256. The van der Waals surface area contributed by atoms with Crippen molar-refractivity contribution < 1.29 is 14.6 Å². The number of nitrogens with zero attached hydrogens (tertiary/aromatic N) is 1. The first-order chi connectivity index (χ1) is 9.61. The monoisotopic (exact) mass is 277 g/mol. The van der Waals surface area contributed by atoms with Crippen molar-refractivity contribution in [2.45, 2.75) is 32.8 Å². The molecule has 1 aliphatic heterocycles. The van der Waals surface area contributed by atoms with Gasteiger partial charge >= 0.3 is 0 Å². The molecule has 2 rings (SSSR count). The van der Waals surface area contributed by atoms with Gasteiger partial charge in [0.15, 0.2) is 0 Å². The van der Waals surface area contributed by atoms with Gasteiger partial charge in [-0.3, -0.25) is 4.79 Å². The van der Waals surface area contributed by atoms with Gasteiger partial charge in [-0.05, 0) is 44.7 Å². The summed E-state index contributed by atoms with van der Waals surface area (Å²) < 4.78 is 5.71. The Labute approximate surface area is 120 Å². The maximum absolute atomic E-state index is 12.6. The van der Waals surface area contributed by atoms with Gasteiger partial charge in [0.2, 0.25) is 0 Å². The van der Waals surface area contributed by atoms with Gasteiger partial charge in [-0.2, -0.15) is 0 Å². The lowest BCUT2D eigenvalue weighted by Gasteiger charge is -2.31. The van der Waals surface area contributed by atoms with Gasteiger partial charge in [0.05, 0.1) is 11.7 Å². The smallest absolute Gasteiger partial charge is 0.257 e. The maximum Gasteiger partial charge on any atom is 0.257 e. The molecule has 1 N–H and O–H groups in total. The summed E-state index contributed by atoms with van der Waals surface area (Å²) in [7, 11) is 0. The number of piperidine rings is 1. The lowest BCUT2D eigenvalue weighted by Crippen LogP contribution is -2.39. The van der Waals surface area contributed by atoms with Crippen molar-refractivity contribution in [3.8, 4) is 5.75 Å². The minimum Gasteiger partial charge on any atom is -0.490 e. The summed E-state index contributed by atoms with van der Waals surface area (Å²) >= 11 is 0. The number of aliphatic hydroxyl groups excluding tert-OH is 1. The van der Waals surface area contributed by atoms with E-state index < -0.39 is 0 Å². The first-order valence-corrected chi connectivity index (χ1v) is 7.27. The van der Waals surface area contributed by atoms with E-state index in [2.05, 4.69) is 0 Å². The van der Waals surface area contributed by atoms with Crippen LogP contribution >= 0.6 is 0 Å². The number of hydrogen-bond donors (Lipinski definition) is 1. The van der Waals surface area contributed by atoms with Crippen LogP contribution in [0.2, 0.25) is 0 Å². The number of likely N-dealkylation sites (tertiary alicyclic amines) is 1. The highest BCUT2D eigenvalue weighted by Gasteiger charge is 2.25. The van der Waals surface area contributed by atoms with Crippen LogP contribution in [0.25, 0.3) is 0 Å². The van der Waals surface area contributed by atoms with Crippen molar-refractivity contribution in [1.82, 2.24) is 4.90 Å². The summed E-state index contributed by atoms with van der Waals surface area (Å²) in [5.41, 5.74) is 0.628. The molecule has 1 aromatic carbocycles. The minimum absolute atomic E-state index is 0.0256. The number of carbonyl (C=O) groups excluding carboxylic acids is 1. The van der Waals surface area contributed by atoms with Crippen LogP contribution in [-0.4, -0.2) is 41.7 Å². The molecule has 0 unspecified atom stereocenters. The Morgan fingerprint density at radius 3 is 2.60 bits per heavy atom. The lowest BCUT2D eigenvalue weighted by atomic mass is 9.97. The van der Waals surface area contributed by atoms with Crippen molar-refractivity contribution in [3.05, 3.63) is 29.8 Å². The predicted molar refractivity (Wildman–Crippen MR) is 77.9 cm³/mol. The van der Waals surface area contributed by atoms with E-state index in [1.807, 2.05) is 43.0 Å². The molecule has 1 heterocycles. The van der Waals surface area contributed by atoms with E-state index in [4.69, 9.17) is 9.84 Å². The standard InChI is InChI=1S/C16H23NO3/c1-12(2)20-15-6-4-3-5-14(15)16(19)17-9-7-13(11-18)8-10-17/h3-6,12-13,18H,7-11H2,1-2H3. The summed E-state index contributed by atoms with van der Waals surface area (Å²) in [5.74, 6) is 1.01. The third-order valence-corrected chi connectivity index (χ3v) is 3.64. The third-order valence-electron chi connectivity index (χ3n) is 3.64. The second-order valence-corrected chi connectivity index (χ2v) is 5.58. The fourth-order valence-corrected chi connectivity index (χ4v) is 2.49. The van der Waals surface area contributed by atoms with Gasteiger partial charge in [0.1, 0.15) is 5.75 Å². The fraction of sp³-hybridized carbons (Fsp3) is 0.562. The Balaban J connectivity index is 2.09. The van der Waals surface area contributed by atoms with Gasteiger partial charge in [-0.15, -0.1) is 0 Å². The van der Waals surface area contributed by atoms with E-state index in [9.17, 15) is 4.79 Å². The number of amides is 1. The second-order valence-electron chi connectivity index (χ2n) is 5.58. The normalized spacial score (nSPS) is 16.5. The number of benzene rings is 1. The van der Waals surface area contributed by atoms with Crippen LogP contribution in [0.1, 0.15) is 37.0 Å². The molecule has 0 radical (unpaired) electrons. The van der Waals surface area contributed by atoms with Crippen molar-refractivity contribution in [3.63, 3.8) is 0 Å². The Morgan fingerprint density at radius 2 is 2.00 bits per heavy atom. The van der Waals surface area contributed by atoms with E-state index >= 15 is 0 Å². The number of ether oxygens (including phenoxy) is 1. The molecule has 1 fully saturated rings. The quantitative estimate of drug-likeness (QED) is 0.919. The molecule has 1 amide bonds. The van der Waals surface area contributed by atoms with Gasteiger partial charge in [-0.1, -0.05) is 12.1 Å². The SMILES string of the molecule is CC(C)Oc1ccccc1C(=O)N1CCC(CO)CC1. The fourth-order valence-electron chi connectivity index (χ4n) is 2.49. The summed E-state index contributed by atoms with van der Waals surface area (Å²) in [6.07, 6.45) is 1.79. The molecule has 0 spiro atoms. The highest BCUT2D eigenvalue weighted by Crippen LogP contribution is 2.24. The molecule has 0 aromatic heterocycles. The van der Waals surface area contributed by atoms with Gasteiger partial charge in [0.25, 0.3) is 5.91 Å². The van der Waals surface area contributed by atoms with Crippen molar-refractivity contribution in [1.29, 1.82) is 0 Å². The summed E-state index contributed by atoms with van der Waals surface area (Å²) in [6, 6.07) is 7.40. The van der Waals surface area contributed by atoms with Gasteiger partial charge in [0, 0.05) is 19.7 Å². The maximum atomic E-state index is 12.6. The van der Waals surface area contributed by atoms with Crippen molar-refractivity contribution >= 4 is 5.91 Å². The average molecular weight is 277 g/mol. The molecule has 0 saturated carbocycles. The zero-order chi connectivity index (χ0) is 14.5. The number of para-hydroxylation sites is 1. The number of rotatable bonds is 4. The van der Waals surface area contributed by atoms with Crippen LogP contribution in [0.5, 0.6) is 5.75 Å². The summed E-state index contributed by atoms with van der Waals surface area (Å²) in [5, 5.41) is 9.15. The molecule has 20 heavy (non-hydrogen) atoms. The van der Waals surface area contributed by atoms with E-state index in [1.165, 1.54) is 0 Å². The zero-order valence-corrected chi connectivity index (χ0v) is 12.2. The van der Waals surface area contributed by atoms with E-state index in [0.717, 1.165) is 12.8 Å². The number of aliphatic hydroxyl groups is 1. The molecule has 1 aromatic rings. The Morgan fingerprint density at radius 1 is 1.35 bits per heavy atom. The Kier molecular flexibility index (Phi) is 5.01. The molecule has 4 heteroatoms. The van der Waals surface area contributed by atoms with Crippen LogP contribution in [0.4, 0.5) is 0 Å². The van der Waals surface area contributed by atoms with Crippen molar-refractivity contribution in [2.24, 2.45) is 5.92 Å². The molecule has 0 aliphatic carbocycles. The topological polar surface area (TPSA) is 49.8 Å². The predicted octanol–water partition coefficient (Wildman–Crippen LogP) is 2.32. The molecule has 0 bridgehead atoms. The molecule has 4 nitrogen and oxygen atoms in total. The number of carbonyl (C=O) groups is 1. The van der Waals surface area contributed by atoms with Crippen LogP contribution in [0, 0.1) is 5.92 Å². The van der Waals surface area contributed by atoms with Gasteiger partial charge in [-0.25, -0.2) is 0 Å². The highest BCUT2D eigenvalue weighted by molar-refractivity contribution is 5.97. The first-order valence-electron chi connectivity index (χ1n) is 7.27. The zero-order valence-electron chi connectivity index (χ0n) is 12.2. The molecular weight excluding hydrogens is 254 g/mol. The van der Waals surface area contributed by atoms with Crippen molar-refractivity contribution in [2.75, 3.05) is 19.7 Å². The van der Waals surface area contributed by atoms with Gasteiger partial charge < -0.3 is 14.7 Å². The second kappa shape index (κ2) is 6.75. The first kappa shape index (κ1) is 14.9. The molecule has 1 saturated heterocycles. The summed E-state index contributed by atoms with van der Waals surface area (Å²) in [4.78, 5) is 14.4. The highest BCUT2D eigenvalue weighted by atomic mass is 16.5.